The number of aliphatic hydroxyl groups excluding tert-OH is 1. The van der Waals surface area contributed by atoms with Crippen LogP contribution in [0.25, 0.3) is 0 Å². The molecule has 2 aliphatic heterocycles. The van der Waals surface area contributed by atoms with Crippen molar-refractivity contribution >= 4 is 11.7 Å². The third-order valence-corrected chi connectivity index (χ3v) is 6.07. The van der Waals surface area contributed by atoms with E-state index in [2.05, 4.69) is 25.2 Å². The van der Waals surface area contributed by atoms with Crippen LogP contribution in [0.4, 0.5) is 5.82 Å². The van der Waals surface area contributed by atoms with Crippen molar-refractivity contribution in [3.8, 4) is 0 Å². The lowest BCUT2D eigenvalue weighted by molar-refractivity contribution is -0.167. The molecule has 4 heterocycles. The minimum absolute atomic E-state index is 0.208. The molecule has 4 rings (SSSR count). The molecule has 0 saturated carbocycles. The van der Waals surface area contributed by atoms with Crippen molar-refractivity contribution in [1.29, 1.82) is 0 Å². The number of carbonyl (C=O) groups excluding carboxylic acids is 1. The maximum atomic E-state index is 12.7. The topological polar surface area (TPSA) is 100 Å². The number of piperidine rings is 1. The minimum atomic E-state index is -0.763. The van der Waals surface area contributed by atoms with Gasteiger partial charge in [-0.25, -0.2) is 9.97 Å². The molecule has 1 spiro atoms. The van der Waals surface area contributed by atoms with E-state index in [1.807, 2.05) is 19.9 Å². The fourth-order valence-electron chi connectivity index (χ4n) is 4.32. The van der Waals surface area contributed by atoms with Gasteiger partial charge < -0.3 is 20.1 Å². The van der Waals surface area contributed by atoms with Gasteiger partial charge in [-0.15, -0.1) is 0 Å². The Balaban J connectivity index is 1.45. The van der Waals surface area contributed by atoms with E-state index in [9.17, 15) is 9.90 Å². The van der Waals surface area contributed by atoms with Gasteiger partial charge >= 0.3 is 0 Å². The van der Waals surface area contributed by atoms with Crippen LogP contribution in [0.1, 0.15) is 42.4 Å². The lowest BCUT2D eigenvalue weighted by atomic mass is 9.74. The molecule has 29 heavy (non-hydrogen) atoms. The predicted octanol–water partition coefficient (Wildman–Crippen LogP) is 1.49. The average Bonchev–Trinajstić information content (AvgIpc) is 2.72. The summed E-state index contributed by atoms with van der Waals surface area (Å²) in [6.45, 7) is 5.61. The Labute approximate surface area is 170 Å². The summed E-state index contributed by atoms with van der Waals surface area (Å²) in [6.07, 6.45) is 6.37. The van der Waals surface area contributed by atoms with Crippen molar-refractivity contribution in [2.75, 3.05) is 24.6 Å². The van der Waals surface area contributed by atoms with Gasteiger partial charge in [0.2, 0.25) is 0 Å². The Morgan fingerprint density at radius 2 is 1.97 bits per heavy atom. The predicted molar refractivity (Wildman–Crippen MR) is 108 cm³/mol. The molecule has 8 nitrogen and oxygen atoms in total. The summed E-state index contributed by atoms with van der Waals surface area (Å²) in [5.74, 6) is 1.48. The zero-order chi connectivity index (χ0) is 20.5. The molecular formula is C21H27N5O3. The highest BCUT2D eigenvalue weighted by molar-refractivity contribution is 5.94. The first-order valence-corrected chi connectivity index (χ1v) is 9.98. The highest BCUT2D eigenvalue weighted by Crippen LogP contribution is 2.40. The molecule has 0 unspecified atom stereocenters. The normalized spacial score (nSPS) is 26.3. The number of rotatable bonds is 3. The third kappa shape index (κ3) is 4.09. The molecule has 2 aliphatic rings. The zero-order valence-electron chi connectivity index (χ0n) is 16.8. The van der Waals surface area contributed by atoms with Crippen LogP contribution in [0.2, 0.25) is 0 Å². The van der Waals surface area contributed by atoms with Crippen LogP contribution in [-0.2, 0) is 4.74 Å². The van der Waals surface area contributed by atoms with Crippen LogP contribution in [0.15, 0.2) is 36.8 Å². The number of aliphatic hydroxyl groups is 1. The number of anilines is 1. The quantitative estimate of drug-likeness (QED) is 0.809. The van der Waals surface area contributed by atoms with Gasteiger partial charge in [-0.1, -0.05) is 0 Å². The van der Waals surface area contributed by atoms with Crippen molar-refractivity contribution in [3.63, 3.8) is 0 Å². The van der Waals surface area contributed by atoms with Crippen LogP contribution in [0.5, 0.6) is 0 Å². The molecule has 2 aromatic rings. The molecular weight excluding hydrogens is 370 g/mol. The molecule has 0 aromatic carbocycles. The fraction of sp³-hybridized carbons (Fsp3) is 0.524. The number of hydrogen-bond donors (Lipinski definition) is 2. The van der Waals surface area contributed by atoms with E-state index < -0.39 is 11.6 Å². The smallest absolute Gasteiger partial charge is 0.251 e. The van der Waals surface area contributed by atoms with Crippen LogP contribution in [0, 0.1) is 6.92 Å². The lowest BCUT2D eigenvalue weighted by Crippen LogP contribution is -2.65. The molecule has 2 fully saturated rings. The molecule has 2 saturated heterocycles. The van der Waals surface area contributed by atoms with Crippen molar-refractivity contribution < 1.29 is 14.6 Å². The van der Waals surface area contributed by atoms with E-state index in [1.165, 1.54) is 0 Å². The summed E-state index contributed by atoms with van der Waals surface area (Å²) in [5.41, 5.74) is -0.590. The number of pyridine rings is 1. The SMILES string of the molecule is Cc1nccc(N2CCC3(CC2)C[C@@](C)(NC(=O)c2ccncc2)[C@H](O)CO3)n1. The van der Waals surface area contributed by atoms with E-state index in [-0.39, 0.29) is 18.1 Å². The highest BCUT2D eigenvalue weighted by atomic mass is 16.5. The monoisotopic (exact) mass is 397 g/mol. The Morgan fingerprint density at radius 3 is 2.66 bits per heavy atom. The van der Waals surface area contributed by atoms with Gasteiger partial charge in [-0.2, -0.15) is 0 Å². The number of amides is 1. The van der Waals surface area contributed by atoms with Gasteiger partial charge in [-0.05, 0) is 44.9 Å². The van der Waals surface area contributed by atoms with Gasteiger partial charge in [0, 0.05) is 43.7 Å². The van der Waals surface area contributed by atoms with Crippen LogP contribution in [0.3, 0.4) is 0 Å². The van der Waals surface area contributed by atoms with Gasteiger partial charge in [-0.3, -0.25) is 9.78 Å². The average molecular weight is 397 g/mol. The van der Waals surface area contributed by atoms with E-state index in [1.54, 1.807) is 30.7 Å². The Morgan fingerprint density at radius 1 is 1.24 bits per heavy atom. The standard InChI is InChI=1S/C21H27N5O3/c1-15-23-10-5-18(24-15)26-11-6-21(7-12-26)14-20(2,17(27)13-29-21)25-19(28)16-3-8-22-9-4-16/h3-5,8-10,17,27H,6-7,11-14H2,1-2H3,(H,25,28)/t17-,20-/m1/s1. The highest BCUT2D eigenvalue weighted by Gasteiger charge is 2.50. The van der Waals surface area contributed by atoms with E-state index in [4.69, 9.17) is 4.74 Å². The molecule has 1 amide bonds. The third-order valence-electron chi connectivity index (χ3n) is 6.07. The first kappa shape index (κ1) is 19.7. The van der Waals surface area contributed by atoms with Gasteiger partial charge in [0.1, 0.15) is 17.7 Å². The summed E-state index contributed by atoms with van der Waals surface area (Å²) in [7, 11) is 0. The summed E-state index contributed by atoms with van der Waals surface area (Å²) in [4.78, 5) is 27.6. The fourth-order valence-corrected chi connectivity index (χ4v) is 4.32. The second-order valence-corrected chi connectivity index (χ2v) is 8.24. The van der Waals surface area contributed by atoms with Crippen molar-refractivity contribution in [2.45, 2.75) is 50.4 Å². The molecule has 8 heteroatoms. The summed E-state index contributed by atoms with van der Waals surface area (Å²) in [6, 6.07) is 5.26. The van der Waals surface area contributed by atoms with Gasteiger partial charge in [0.05, 0.1) is 17.7 Å². The van der Waals surface area contributed by atoms with Gasteiger partial charge in [0.15, 0.2) is 0 Å². The molecule has 154 valence electrons. The number of hydrogen-bond acceptors (Lipinski definition) is 7. The van der Waals surface area contributed by atoms with E-state index in [0.717, 1.165) is 37.6 Å². The Hall–Kier alpha value is -2.58. The van der Waals surface area contributed by atoms with E-state index >= 15 is 0 Å². The van der Waals surface area contributed by atoms with Crippen LogP contribution >= 0.6 is 0 Å². The molecule has 0 bridgehead atoms. The molecule has 0 aliphatic carbocycles. The Bertz CT molecular complexity index is 870. The maximum absolute atomic E-state index is 12.7. The number of ether oxygens (including phenoxy) is 1. The summed E-state index contributed by atoms with van der Waals surface area (Å²) < 4.78 is 6.14. The van der Waals surface area contributed by atoms with Crippen molar-refractivity contribution in [1.82, 2.24) is 20.3 Å². The molecule has 0 radical (unpaired) electrons. The van der Waals surface area contributed by atoms with Crippen LogP contribution in [-0.4, -0.2) is 62.9 Å². The van der Waals surface area contributed by atoms with Gasteiger partial charge in [0.25, 0.3) is 5.91 Å². The molecule has 2 atom stereocenters. The zero-order valence-corrected chi connectivity index (χ0v) is 16.8. The molecule has 2 aromatic heterocycles. The second kappa shape index (κ2) is 7.68. The first-order chi connectivity index (χ1) is 13.9. The number of aromatic nitrogens is 3. The number of nitrogens with one attached hydrogen (secondary N) is 1. The Kier molecular flexibility index (Phi) is 5.23. The van der Waals surface area contributed by atoms with E-state index in [0.29, 0.717) is 12.0 Å². The number of carbonyl (C=O) groups is 1. The van der Waals surface area contributed by atoms with Crippen molar-refractivity contribution in [3.05, 3.63) is 48.2 Å². The first-order valence-electron chi connectivity index (χ1n) is 9.98. The molecule has 2 N–H and O–H groups in total. The number of aryl methyl sites for hydroxylation is 1. The largest absolute Gasteiger partial charge is 0.388 e. The summed E-state index contributed by atoms with van der Waals surface area (Å²) >= 11 is 0. The second-order valence-electron chi connectivity index (χ2n) is 8.24. The lowest BCUT2D eigenvalue weighted by Gasteiger charge is -2.52. The maximum Gasteiger partial charge on any atom is 0.251 e. The van der Waals surface area contributed by atoms with Crippen LogP contribution < -0.4 is 10.2 Å². The van der Waals surface area contributed by atoms with Crippen molar-refractivity contribution in [2.24, 2.45) is 0 Å². The summed E-state index contributed by atoms with van der Waals surface area (Å²) in [5, 5.41) is 13.7. The number of nitrogens with zero attached hydrogens (tertiary/aromatic N) is 4. The minimum Gasteiger partial charge on any atom is -0.388 e.